The maximum absolute atomic E-state index is 13.0. The molecule has 0 aliphatic carbocycles. The fraction of sp³-hybridized carbons (Fsp3) is 0.0800. The van der Waals surface area contributed by atoms with Crippen LogP contribution in [0.1, 0.15) is 27.0 Å². The lowest BCUT2D eigenvalue weighted by Gasteiger charge is -2.16. The third-order valence-electron chi connectivity index (χ3n) is 4.85. The Labute approximate surface area is 206 Å². The molecule has 0 unspecified atom stereocenters. The molecule has 1 aliphatic heterocycles. The molecular weight excluding hydrogens is 476 g/mol. The highest BCUT2D eigenvalue weighted by atomic mass is 35.5. The predicted octanol–water partition coefficient (Wildman–Crippen LogP) is 5.77. The number of amides is 2. The fourth-order valence-electron chi connectivity index (χ4n) is 3.09. The highest BCUT2D eigenvalue weighted by Gasteiger charge is 2.34. The van der Waals surface area contributed by atoms with Gasteiger partial charge in [0.1, 0.15) is 12.4 Å². The van der Waals surface area contributed by atoms with Crippen LogP contribution in [0.2, 0.25) is 5.02 Å². The van der Waals surface area contributed by atoms with Crippen molar-refractivity contribution in [3.63, 3.8) is 0 Å². The number of rotatable bonds is 6. The van der Waals surface area contributed by atoms with Crippen LogP contribution in [0, 0.1) is 6.92 Å². The number of nitrogens with zero attached hydrogens (tertiary/aromatic N) is 1. The molecule has 166 valence electrons. The van der Waals surface area contributed by atoms with Crippen molar-refractivity contribution in [3.05, 3.63) is 105 Å². The van der Waals surface area contributed by atoms with Crippen molar-refractivity contribution < 1.29 is 14.3 Å². The van der Waals surface area contributed by atoms with Crippen LogP contribution < -0.4 is 10.2 Å². The number of carbonyl (C=O) groups is 2. The summed E-state index contributed by atoms with van der Waals surface area (Å²) in [7, 11) is 0. The van der Waals surface area contributed by atoms with Gasteiger partial charge in [0.25, 0.3) is 11.8 Å². The fourth-order valence-corrected chi connectivity index (χ4v) is 4.48. The Bertz CT molecular complexity index is 1260. The van der Waals surface area contributed by atoms with E-state index < -0.39 is 11.8 Å². The van der Waals surface area contributed by atoms with E-state index in [1.807, 2.05) is 55.5 Å². The lowest BCUT2D eigenvalue weighted by Crippen LogP contribution is -2.44. The molecular formula is C25H19ClN2O3S2. The number of hydrazine groups is 1. The van der Waals surface area contributed by atoms with Gasteiger partial charge in [-0.3, -0.25) is 15.0 Å². The van der Waals surface area contributed by atoms with Crippen LogP contribution in [-0.2, 0) is 11.4 Å². The summed E-state index contributed by atoms with van der Waals surface area (Å²) < 4.78 is 6.23. The van der Waals surface area contributed by atoms with Gasteiger partial charge in [-0.2, -0.15) is 5.01 Å². The second kappa shape index (κ2) is 10.2. The number of aryl methyl sites for hydroxylation is 1. The molecule has 3 aromatic rings. The van der Waals surface area contributed by atoms with Crippen LogP contribution in [0.15, 0.2) is 77.7 Å². The maximum atomic E-state index is 13.0. The van der Waals surface area contributed by atoms with Gasteiger partial charge in [0, 0.05) is 5.56 Å². The van der Waals surface area contributed by atoms with E-state index in [1.54, 1.807) is 30.3 Å². The van der Waals surface area contributed by atoms with E-state index in [0.717, 1.165) is 27.9 Å². The summed E-state index contributed by atoms with van der Waals surface area (Å²) in [6.45, 7) is 2.44. The number of ether oxygens (including phenoxy) is 1. The average molecular weight is 495 g/mol. The second-order valence-electron chi connectivity index (χ2n) is 7.25. The van der Waals surface area contributed by atoms with Crippen LogP contribution in [0.5, 0.6) is 5.75 Å². The first-order valence-electron chi connectivity index (χ1n) is 10.0. The van der Waals surface area contributed by atoms with Crippen LogP contribution in [0.4, 0.5) is 0 Å². The van der Waals surface area contributed by atoms with Gasteiger partial charge in [0.2, 0.25) is 0 Å². The number of halogens is 1. The number of nitrogens with one attached hydrogen (secondary N) is 1. The number of carbonyl (C=O) groups excluding carboxylic acids is 2. The summed E-state index contributed by atoms with van der Waals surface area (Å²) in [4.78, 5) is 25.9. The minimum atomic E-state index is -0.514. The molecule has 1 fully saturated rings. The summed E-state index contributed by atoms with van der Waals surface area (Å²) in [6, 6.07) is 22.1. The number of para-hydroxylation sites is 1. The summed E-state index contributed by atoms with van der Waals surface area (Å²) >= 11 is 12.5. The number of hydrogen-bond acceptors (Lipinski definition) is 5. The molecule has 8 heteroatoms. The minimum absolute atomic E-state index is 0.227. The molecule has 1 N–H and O–H groups in total. The number of thioether (sulfide) groups is 1. The topological polar surface area (TPSA) is 58.6 Å². The SMILES string of the molecule is Cc1ccc(COc2ccccc2/C=C2/SC(=S)N(NC(=O)c3ccccc3Cl)C2=O)cc1. The van der Waals surface area contributed by atoms with E-state index in [1.165, 1.54) is 5.56 Å². The summed E-state index contributed by atoms with van der Waals surface area (Å²) in [5.41, 5.74) is 5.77. The van der Waals surface area contributed by atoms with Crippen molar-refractivity contribution in [2.45, 2.75) is 13.5 Å². The van der Waals surface area contributed by atoms with Gasteiger partial charge in [0.05, 0.1) is 15.5 Å². The van der Waals surface area contributed by atoms with Crippen LogP contribution >= 0.6 is 35.6 Å². The molecule has 2 amide bonds. The summed E-state index contributed by atoms with van der Waals surface area (Å²) in [5.74, 6) is -0.290. The van der Waals surface area contributed by atoms with Crippen LogP contribution in [-0.4, -0.2) is 21.1 Å². The van der Waals surface area contributed by atoms with Gasteiger partial charge in [-0.15, -0.1) is 0 Å². The lowest BCUT2D eigenvalue weighted by atomic mass is 10.1. The van der Waals surface area contributed by atoms with E-state index >= 15 is 0 Å². The van der Waals surface area contributed by atoms with Crippen molar-refractivity contribution in [1.29, 1.82) is 0 Å². The Morgan fingerprint density at radius 1 is 1.09 bits per heavy atom. The third-order valence-corrected chi connectivity index (χ3v) is 6.48. The molecule has 5 nitrogen and oxygen atoms in total. The van der Waals surface area contributed by atoms with Gasteiger partial charge in [-0.1, -0.05) is 83.5 Å². The molecule has 4 rings (SSSR count). The molecule has 0 spiro atoms. The smallest absolute Gasteiger partial charge is 0.285 e. The monoisotopic (exact) mass is 494 g/mol. The second-order valence-corrected chi connectivity index (χ2v) is 9.33. The zero-order valence-electron chi connectivity index (χ0n) is 17.6. The molecule has 1 saturated heterocycles. The summed E-state index contributed by atoms with van der Waals surface area (Å²) in [6.07, 6.45) is 1.71. The zero-order chi connectivity index (χ0) is 23.4. The highest BCUT2D eigenvalue weighted by Crippen LogP contribution is 2.33. The summed E-state index contributed by atoms with van der Waals surface area (Å²) in [5, 5.41) is 1.35. The van der Waals surface area contributed by atoms with Gasteiger partial charge >= 0.3 is 0 Å². The highest BCUT2D eigenvalue weighted by molar-refractivity contribution is 8.26. The van der Waals surface area contributed by atoms with Gasteiger partial charge < -0.3 is 4.74 Å². The van der Waals surface area contributed by atoms with E-state index in [4.69, 9.17) is 28.6 Å². The molecule has 0 aromatic heterocycles. The van der Waals surface area contributed by atoms with Crippen molar-refractivity contribution in [1.82, 2.24) is 10.4 Å². The van der Waals surface area contributed by atoms with Gasteiger partial charge in [-0.05, 0) is 49.0 Å². The normalized spacial score (nSPS) is 14.6. The average Bonchev–Trinajstić information content (AvgIpc) is 3.07. The predicted molar refractivity (Wildman–Crippen MR) is 136 cm³/mol. The molecule has 33 heavy (non-hydrogen) atoms. The Balaban J connectivity index is 1.50. The molecule has 0 saturated carbocycles. The molecule has 1 heterocycles. The van der Waals surface area contributed by atoms with E-state index in [9.17, 15) is 9.59 Å². The number of benzene rings is 3. The number of hydrogen-bond donors (Lipinski definition) is 1. The van der Waals surface area contributed by atoms with E-state index in [2.05, 4.69) is 5.43 Å². The van der Waals surface area contributed by atoms with Crippen molar-refractivity contribution in [2.24, 2.45) is 0 Å². The lowest BCUT2D eigenvalue weighted by molar-refractivity contribution is -0.123. The van der Waals surface area contributed by atoms with Crippen LogP contribution in [0.3, 0.4) is 0 Å². The Morgan fingerprint density at radius 2 is 1.79 bits per heavy atom. The van der Waals surface area contributed by atoms with Gasteiger partial charge in [-0.25, -0.2) is 0 Å². The standard InChI is InChI=1S/C25H19ClN2O3S2/c1-16-10-12-17(13-11-16)15-31-21-9-5-2-6-18(21)14-22-24(30)28(25(32)33-22)27-23(29)19-7-3-4-8-20(19)26/h2-14H,15H2,1H3,(H,27,29)/b22-14+. The molecule has 0 bridgehead atoms. The van der Waals surface area contributed by atoms with E-state index in [0.29, 0.717) is 17.3 Å². The quantitative estimate of drug-likeness (QED) is 0.348. The zero-order valence-corrected chi connectivity index (χ0v) is 20.0. The number of thiocarbonyl (C=S) groups is 1. The van der Waals surface area contributed by atoms with Crippen molar-refractivity contribution >= 4 is 57.8 Å². The Morgan fingerprint density at radius 3 is 2.55 bits per heavy atom. The Hall–Kier alpha value is -3.13. The third kappa shape index (κ3) is 5.45. The first-order valence-corrected chi connectivity index (χ1v) is 11.6. The van der Waals surface area contributed by atoms with Crippen molar-refractivity contribution in [2.75, 3.05) is 0 Å². The molecule has 1 aliphatic rings. The Kier molecular flexibility index (Phi) is 7.13. The van der Waals surface area contributed by atoms with Gasteiger partial charge in [0.15, 0.2) is 4.32 Å². The molecule has 0 radical (unpaired) electrons. The van der Waals surface area contributed by atoms with Crippen molar-refractivity contribution in [3.8, 4) is 5.75 Å². The molecule has 0 atom stereocenters. The first kappa shape index (κ1) is 23.0. The minimum Gasteiger partial charge on any atom is -0.488 e. The van der Waals surface area contributed by atoms with Crippen LogP contribution in [0.25, 0.3) is 6.08 Å². The van der Waals surface area contributed by atoms with E-state index in [-0.39, 0.29) is 14.9 Å². The largest absolute Gasteiger partial charge is 0.488 e. The molecule has 3 aromatic carbocycles. The maximum Gasteiger partial charge on any atom is 0.285 e. The first-order chi connectivity index (χ1) is 15.9.